The van der Waals surface area contributed by atoms with Gasteiger partial charge in [-0.2, -0.15) is 0 Å². The Hall–Kier alpha value is -1.49. The van der Waals surface area contributed by atoms with Crippen molar-refractivity contribution >= 4 is 21.7 Å². The standard InChI is InChI=1S/C12H11BrFN3/c1-7-11(13)12(15)17-10(16-7)6-8-4-2-3-5-9(8)14/h2-5H,6H2,1H3,(H2,15,16,17). The Morgan fingerprint density at radius 2 is 2.00 bits per heavy atom. The van der Waals surface area contributed by atoms with Crippen LogP contribution in [0.3, 0.4) is 0 Å². The number of rotatable bonds is 2. The van der Waals surface area contributed by atoms with Crippen LogP contribution in [0.2, 0.25) is 0 Å². The zero-order chi connectivity index (χ0) is 12.4. The molecular weight excluding hydrogens is 285 g/mol. The summed E-state index contributed by atoms with van der Waals surface area (Å²) in [6.07, 6.45) is 0.338. The predicted octanol–water partition coefficient (Wildman–Crippen LogP) is 2.86. The van der Waals surface area contributed by atoms with E-state index in [1.165, 1.54) is 6.07 Å². The minimum Gasteiger partial charge on any atom is -0.383 e. The molecule has 1 aromatic carbocycles. The summed E-state index contributed by atoms with van der Waals surface area (Å²) in [5, 5.41) is 0. The van der Waals surface area contributed by atoms with E-state index < -0.39 is 0 Å². The third-order valence-corrected chi connectivity index (χ3v) is 3.38. The second-order valence-corrected chi connectivity index (χ2v) is 4.49. The van der Waals surface area contributed by atoms with Crippen LogP contribution in [0.4, 0.5) is 10.2 Å². The molecule has 0 unspecified atom stereocenters. The third kappa shape index (κ3) is 2.61. The molecule has 0 aliphatic carbocycles. The smallest absolute Gasteiger partial charge is 0.141 e. The molecular formula is C12H11BrFN3. The van der Waals surface area contributed by atoms with E-state index in [0.717, 1.165) is 5.69 Å². The maximum atomic E-state index is 13.5. The van der Waals surface area contributed by atoms with Gasteiger partial charge in [0.05, 0.1) is 10.2 Å². The minimum atomic E-state index is -0.254. The molecule has 0 spiro atoms. The minimum absolute atomic E-state index is 0.254. The first-order chi connectivity index (χ1) is 8.08. The molecule has 0 saturated heterocycles. The van der Waals surface area contributed by atoms with E-state index in [-0.39, 0.29) is 5.82 Å². The number of aromatic nitrogens is 2. The molecule has 2 N–H and O–H groups in total. The quantitative estimate of drug-likeness (QED) is 0.927. The van der Waals surface area contributed by atoms with Gasteiger partial charge in [-0.1, -0.05) is 18.2 Å². The van der Waals surface area contributed by atoms with Crippen LogP contribution in [0.5, 0.6) is 0 Å². The monoisotopic (exact) mass is 295 g/mol. The Morgan fingerprint density at radius 1 is 1.29 bits per heavy atom. The highest BCUT2D eigenvalue weighted by Crippen LogP contribution is 2.21. The molecule has 0 radical (unpaired) electrons. The lowest BCUT2D eigenvalue weighted by molar-refractivity contribution is 0.612. The van der Waals surface area contributed by atoms with Crippen molar-refractivity contribution in [3.63, 3.8) is 0 Å². The van der Waals surface area contributed by atoms with E-state index >= 15 is 0 Å². The summed E-state index contributed by atoms with van der Waals surface area (Å²) in [4.78, 5) is 8.39. The van der Waals surface area contributed by atoms with Crippen LogP contribution in [-0.2, 0) is 6.42 Å². The highest BCUT2D eigenvalue weighted by atomic mass is 79.9. The molecule has 0 atom stereocenters. The number of benzene rings is 1. The summed E-state index contributed by atoms with van der Waals surface area (Å²) >= 11 is 3.29. The first-order valence-electron chi connectivity index (χ1n) is 5.10. The van der Waals surface area contributed by atoms with Gasteiger partial charge in [0.25, 0.3) is 0 Å². The number of hydrogen-bond acceptors (Lipinski definition) is 3. The van der Waals surface area contributed by atoms with Gasteiger partial charge < -0.3 is 5.73 Å². The van der Waals surface area contributed by atoms with Crippen LogP contribution in [0, 0.1) is 12.7 Å². The molecule has 2 rings (SSSR count). The van der Waals surface area contributed by atoms with Gasteiger partial charge in [-0.25, -0.2) is 14.4 Å². The molecule has 1 heterocycles. The maximum absolute atomic E-state index is 13.5. The fraction of sp³-hybridized carbons (Fsp3) is 0.167. The maximum Gasteiger partial charge on any atom is 0.141 e. The summed E-state index contributed by atoms with van der Waals surface area (Å²) in [5.41, 5.74) is 7.04. The summed E-state index contributed by atoms with van der Waals surface area (Å²) in [5.74, 6) is 0.646. The number of anilines is 1. The fourth-order valence-corrected chi connectivity index (χ4v) is 1.71. The lowest BCUT2D eigenvalue weighted by Crippen LogP contribution is -2.04. The Labute approximate surface area is 107 Å². The van der Waals surface area contributed by atoms with Crippen molar-refractivity contribution in [2.24, 2.45) is 0 Å². The van der Waals surface area contributed by atoms with Gasteiger partial charge in [-0.05, 0) is 34.5 Å². The van der Waals surface area contributed by atoms with Crippen molar-refractivity contribution in [1.82, 2.24) is 9.97 Å². The number of nitrogen functional groups attached to an aromatic ring is 1. The SMILES string of the molecule is Cc1nc(Cc2ccccc2F)nc(N)c1Br. The second kappa shape index (κ2) is 4.79. The van der Waals surface area contributed by atoms with Gasteiger partial charge in [0.15, 0.2) is 0 Å². The Morgan fingerprint density at radius 3 is 2.65 bits per heavy atom. The largest absolute Gasteiger partial charge is 0.383 e. The van der Waals surface area contributed by atoms with Gasteiger partial charge in [0, 0.05) is 6.42 Å². The number of aryl methyl sites for hydroxylation is 1. The molecule has 0 bridgehead atoms. The lowest BCUT2D eigenvalue weighted by atomic mass is 10.1. The van der Waals surface area contributed by atoms with Crippen molar-refractivity contribution in [3.8, 4) is 0 Å². The highest BCUT2D eigenvalue weighted by Gasteiger charge is 2.09. The Kier molecular flexibility index (Phi) is 3.38. The summed E-state index contributed by atoms with van der Waals surface area (Å²) < 4.78 is 14.1. The van der Waals surface area contributed by atoms with E-state index in [9.17, 15) is 4.39 Å². The van der Waals surface area contributed by atoms with Crippen molar-refractivity contribution in [3.05, 3.63) is 51.6 Å². The van der Waals surface area contributed by atoms with E-state index in [1.807, 2.05) is 6.92 Å². The zero-order valence-electron chi connectivity index (χ0n) is 9.24. The Balaban J connectivity index is 2.34. The number of hydrogen-bond donors (Lipinski definition) is 1. The average molecular weight is 296 g/mol. The Bertz CT molecular complexity index is 534. The topological polar surface area (TPSA) is 51.8 Å². The first-order valence-corrected chi connectivity index (χ1v) is 5.89. The lowest BCUT2D eigenvalue weighted by Gasteiger charge is -2.06. The molecule has 17 heavy (non-hydrogen) atoms. The summed E-state index contributed by atoms with van der Waals surface area (Å²) in [6, 6.07) is 6.57. The van der Waals surface area contributed by atoms with Gasteiger partial charge in [-0.3, -0.25) is 0 Å². The van der Waals surface area contributed by atoms with Gasteiger partial charge in [-0.15, -0.1) is 0 Å². The predicted molar refractivity (Wildman–Crippen MR) is 68.1 cm³/mol. The van der Waals surface area contributed by atoms with Crippen molar-refractivity contribution in [1.29, 1.82) is 0 Å². The molecule has 0 aliphatic heterocycles. The number of nitrogens with two attached hydrogens (primary N) is 1. The molecule has 3 nitrogen and oxygen atoms in total. The first kappa shape index (κ1) is 12.0. The number of nitrogens with zero attached hydrogens (tertiary/aromatic N) is 2. The van der Waals surface area contributed by atoms with Crippen LogP contribution in [0.1, 0.15) is 17.1 Å². The van der Waals surface area contributed by atoms with Crippen LogP contribution in [0.15, 0.2) is 28.7 Å². The van der Waals surface area contributed by atoms with E-state index in [2.05, 4.69) is 25.9 Å². The van der Waals surface area contributed by atoms with Gasteiger partial charge in [0.1, 0.15) is 17.5 Å². The molecule has 88 valence electrons. The highest BCUT2D eigenvalue weighted by molar-refractivity contribution is 9.10. The molecule has 2 aromatic rings. The van der Waals surface area contributed by atoms with Crippen LogP contribution < -0.4 is 5.73 Å². The molecule has 0 saturated carbocycles. The van der Waals surface area contributed by atoms with Gasteiger partial charge >= 0.3 is 0 Å². The zero-order valence-corrected chi connectivity index (χ0v) is 10.8. The van der Waals surface area contributed by atoms with E-state index in [0.29, 0.717) is 28.1 Å². The molecule has 5 heteroatoms. The average Bonchev–Trinajstić information content (AvgIpc) is 2.29. The van der Waals surface area contributed by atoms with Crippen molar-refractivity contribution in [2.75, 3.05) is 5.73 Å². The summed E-state index contributed by atoms with van der Waals surface area (Å²) in [7, 11) is 0. The number of halogens is 2. The van der Waals surface area contributed by atoms with Gasteiger partial charge in [0.2, 0.25) is 0 Å². The second-order valence-electron chi connectivity index (χ2n) is 3.69. The molecule has 0 amide bonds. The van der Waals surface area contributed by atoms with Crippen LogP contribution in [0.25, 0.3) is 0 Å². The van der Waals surface area contributed by atoms with Crippen molar-refractivity contribution < 1.29 is 4.39 Å². The fourth-order valence-electron chi connectivity index (χ4n) is 1.53. The van der Waals surface area contributed by atoms with E-state index in [4.69, 9.17) is 5.73 Å². The molecule has 1 aromatic heterocycles. The molecule has 0 fully saturated rings. The molecule has 0 aliphatic rings. The van der Waals surface area contributed by atoms with E-state index in [1.54, 1.807) is 18.2 Å². The van der Waals surface area contributed by atoms with Crippen LogP contribution in [-0.4, -0.2) is 9.97 Å². The summed E-state index contributed by atoms with van der Waals surface area (Å²) in [6.45, 7) is 1.83. The van der Waals surface area contributed by atoms with Crippen molar-refractivity contribution in [2.45, 2.75) is 13.3 Å². The van der Waals surface area contributed by atoms with Crippen LogP contribution >= 0.6 is 15.9 Å². The third-order valence-electron chi connectivity index (χ3n) is 2.40. The normalized spacial score (nSPS) is 10.5.